The van der Waals surface area contributed by atoms with Crippen LogP contribution in [0.5, 0.6) is 5.75 Å². The van der Waals surface area contributed by atoms with E-state index in [2.05, 4.69) is 38.4 Å². The van der Waals surface area contributed by atoms with E-state index in [0.717, 1.165) is 33.5 Å². The summed E-state index contributed by atoms with van der Waals surface area (Å²) in [6.45, 7) is 9.84. The molecule has 1 aliphatic rings. The predicted molar refractivity (Wildman–Crippen MR) is 150 cm³/mol. The molecule has 2 amide bonds. The summed E-state index contributed by atoms with van der Waals surface area (Å²) in [5, 5.41) is 8.96. The lowest BCUT2D eigenvalue weighted by Gasteiger charge is -2.38. The average molecular weight is 603 g/mol. The molecule has 0 aliphatic carbocycles. The quantitative estimate of drug-likeness (QED) is 0.308. The molecular weight excluding hydrogens is 570 g/mol. The van der Waals surface area contributed by atoms with Crippen LogP contribution >= 0.6 is 27.5 Å². The first-order valence-corrected chi connectivity index (χ1v) is 13.8. The first-order valence-electron chi connectivity index (χ1n) is 12.7. The number of benzene rings is 2. The van der Waals surface area contributed by atoms with Crippen molar-refractivity contribution in [2.45, 2.75) is 47.1 Å². The highest BCUT2D eigenvalue weighted by Gasteiger charge is 2.35. The Balaban J connectivity index is 1.27. The number of hydrogen-bond acceptors (Lipinski definition) is 5. The fourth-order valence-corrected chi connectivity index (χ4v) is 4.88. The van der Waals surface area contributed by atoms with Crippen LogP contribution in [-0.2, 0) is 16.1 Å². The lowest BCUT2D eigenvalue weighted by atomic mass is 9.86. The number of rotatable bonds is 9. The topological polar surface area (TPSA) is 80.6 Å². The van der Waals surface area contributed by atoms with Crippen LogP contribution < -0.4 is 4.74 Å². The minimum absolute atomic E-state index is 0.00435. The van der Waals surface area contributed by atoms with Gasteiger partial charge in [-0.1, -0.05) is 42.8 Å². The average Bonchev–Trinajstić information content (AvgIpc) is 3.35. The van der Waals surface area contributed by atoms with Gasteiger partial charge in [-0.05, 0) is 78.0 Å². The molecule has 4 rings (SSSR count). The van der Waals surface area contributed by atoms with E-state index in [1.54, 1.807) is 26.7 Å². The third kappa shape index (κ3) is 6.74. The number of amides is 2. The molecule has 0 radical (unpaired) electrons. The summed E-state index contributed by atoms with van der Waals surface area (Å²) in [5.74, 6) is 0.784. The van der Waals surface area contributed by atoms with Gasteiger partial charge in [-0.15, -0.1) is 5.10 Å². The van der Waals surface area contributed by atoms with E-state index in [1.165, 1.54) is 0 Å². The molecule has 2 heterocycles. The molecule has 0 bridgehead atoms. The van der Waals surface area contributed by atoms with Crippen LogP contribution in [-0.4, -0.2) is 62.8 Å². The third-order valence-electron chi connectivity index (χ3n) is 6.79. The van der Waals surface area contributed by atoms with E-state index < -0.39 is 5.41 Å². The highest BCUT2D eigenvalue weighted by molar-refractivity contribution is 9.10. The molecule has 10 heteroatoms. The molecule has 0 unspecified atom stereocenters. The first-order chi connectivity index (χ1) is 18.0. The summed E-state index contributed by atoms with van der Waals surface area (Å²) in [4.78, 5) is 29.6. The van der Waals surface area contributed by atoms with Crippen molar-refractivity contribution >= 4 is 39.3 Å². The van der Waals surface area contributed by atoms with Crippen molar-refractivity contribution in [3.05, 3.63) is 68.9 Å². The standard InChI is InChI=1S/C28H33BrClN5O3/c1-19-6-7-20(2)25(14-19)38-13-5-10-28(3,4)27(37)34-12-11-33(26(36)18-34)16-21-17-35(32-31-21)22-8-9-23(29)24(30)15-22/h6-9,14-15,17H,5,10-13,16,18H2,1-4H3. The van der Waals surface area contributed by atoms with Crippen LogP contribution in [0.15, 0.2) is 47.1 Å². The third-order valence-corrected chi connectivity index (χ3v) is 8.03. The van der Waals surface area contributed by atoms with Gasteiger partial charge in [0.1, 0.15) is 11.4 Å². The Kier molecular flexibility index (Phi) is 8.78. The number of aryl methyl sites for hydroxylation is 2. The molecule has 202 valence electrons. The van der Waals surface area contributed by atoms with Crippen molar-refractivity contribution in [1.29, 1.82) is 0 Å². The van der Waals surface area contributed by atoms with E-state index in [1.807, 2.05) is 45.9 Å². The van der Waals surface area contributed by atoms with Gasteiger partial charge in [-0.3, -0.25) is 9.59 Å². The molecular formula is C28H33BrClN5O3. The van der Waals surface area contributed by atoms with E-state index >= 15 is 0 Å². The van der Waals surface area contributed by atoms with Crippen LogP contribution in [0.1, 0.15) is 43.5 Å². The maximum atomic E-state index is 13.3. The number of piperazine rings is 1. The fraction of sp³-hybridized carbons (Fsp3) is 0.429. The Labute approximate surface area is 237 Å². The van der Waals surface area contributed by atoms with Gasteiger partial charge in [0.15, 0.2) is 0 Å². The van der Waals surface area contributed by atoms with E-state index in [9.17, 15) is 9.59 Å². The van der Waals surface area contributed by atoms with Crippen LogP contribution in [0.25, 0.3) is 5.69 Å². The Hall–Kier alpha value is -2.91. The second-order valence-corrected chi connectivity index (χ2v) is 11.7. The van der Waals surface area contributed by atoms with Crippen molar-refractivity contribution in [2.24, 2.45) is 5.41 Å². The van der Waals surface area contributed by atoms with Crippen molar-refractivity contribution in [2.75, 3.05) is 26.2 Å². The monoisotopic (exact) mass is 601 g/mol. The van der Waals surface area contributed by atoms with Crippen molar-refractivity contribution < 1.29 is 14.3 Å². The zero-order chi connectivity index (χ0) is 27.4. The number of aromatic nitrogens is 3. The summed E-state index contributed by atoms with van der Waals surface area (Å²) in [6, 6.07) is 11.7. The van der Waals surface area contributed by atoms with Gasteiger partial charge in [-0.25, -0.2) is 4.68 Å². The van der Waals surface area contributed by atoms with Crippen LogP contribution in [0, 0.1) is 19.3 Å². The number of carbonyl (C=O) groups excluding carboxylic acids is 2. The van der Waals surface area contributed by atoms with E-state index in [-0.39, 0.29) is 18.4 Å². The second kappa shape index (κ2) is 11.9. The molecule has 0 N–H and O–H groups in total. The largest absolute Gasteiger partial charge is 0.493 e. The summed E-state index contributed by atoms with van der Waals surface area (Å²) in [6.07, 6.45) is 3.21. The normalized spacial score (nSPS) is 14.2. The lowest BCUT2D eigenvalue weighted by molar-refractivity contribution is -0.151. The molecule has 3 aromatic rings. The molecule has 0 spiro atoms. The molecule has 1 aliphatic heterocycles. The Bertz CT molecular complexity index is 1330. The minimum atomic E-state index is -0.581. The van der Waals surface area contributed by atoms with Crippen molar-refractivity contribution in [3.63, 3.8) is 0 Å². The number of hydrogen-bond donors (Lipinski definition) is 0. The van der Waals surface area contributed by atoms with Gasteiger partial charge in [0.25, 0.3) is 0 Å². The van der Waals surface area contributed by atoms with Crippen molar-refractivity contribution in [1.82, 2.24) is 24.8 Å². The second-order valence-electron chi connectivity index (χ2n) is 10.4. The van der Waals surface area contributed by atoms with E-state index in [0.29, 0.717) is 43.4 Å². The Morgan fingerprint density at radius 1 is 1.16 bits per heavy atom. The maximum Gasteiger partial charge on any atom is 0.242 e. The van der Waals surface area contributed by atoms with Crippen molar-refractivity contribution in [3.8, 4) is 11.4 Å². The van der Waals surface area contributed by atoms with Gasteiger partial charge in [0.05, 0.1) is 36.6 Å². The van der Waals surface area contributed by atoms with Gasteiger partial charge in [0, 0.05) is 23.0 Å². The van der Waals surface area contributed by atoms with Gasteiger partial charge >= 0.3 is 0 Å². The smallest absolute Gasteiger partial charge is 0.242 e. The number of halogens is 2. The molecule has 1 fully saturated rings. The van der Waals surface area contributed by atoms with E-state index in [4.69, 9.17) is 16.3 Å². The fourth-order valence-electron chi connectivity index (χ4n) is 4.46. The van der Waals surface area contributed by atoms with Crippen LogP contribution in [0.2, 0.25) is 5.02 Å². The molecule has 1 aromatic heterocycles. The molecule has 8 nitrogen and oxygen atoms in total. The SMILES string of the molecule is Cc1ccc(C)c(OCCCC(C)(C)C(=O)N2CCN(Cc3cn(-c4ccc(Br)c(Cl)c4)nn3)C(=O)C2)c1. The van der Waals surface area contributed by atoms with Crippen LogP contribution in [0.3, 0.4) is 0 Å². The summed E-state index contributed by atoms with van der Waals surface area (Å²) in [7, 11) is 0. The molecule has 2 aromatic carbocycles. The summed E-state index contributed by atoms with van der Waals surface area (Å²) in [5.41, 5.74) is 3.12. The molecule has 0 saturated carbocycles. The summed E-state index contributed by atoms with van der Waals surface area (Å²) >= 11 is 9.57. The minimum Gasteiger partial charge on any atom is -0.493 e. The van der Waals surface area contributed by atoms with Crippen LogP contribution in [0.4, 0.5) is 0 Å². The summed E-state index contributed by atoms with van der Waals surface area (Å²) < 4.78 is 8.39. The number of ether oxygens (including phenoxy) is 1. The van der Waals surface area contributed by atoms with Gasteiger partial charge < -0.3 is 14.5 Å². The predicted octanol–water partition coefficient (Wildman–Crippen LogP) is 5.36. The molecule has 0 atom stereocenters. The Morgan fingerprint density at radius 2 is 1.95 bits per heavy atom. The number of nitrogens with zero attached hydrogens (tertiary/aromatic N) is 5. The molecule has 1 saturated heterocycles. The number of carbonyl (C=O) groups is 2. The van der Waals surface area contributed by atoms with Gasteiger partial charge in [0.2, 0.25) is 11.8 Å². The van der Waals surface area contributed by atoms with Gasteiger partial charge in [-0.2, -0.15) is 0 Å². The maximum absolute atomic E-state index is 13.3. The zero-order valence-corrected chi connectivity index (χ0v) is 24.5. The highest BCUT2D eigenvalue weighted by Crippen LogP contribution is 2.28. The highest BCUT2D eigenvalue weighted by atomic mass is 79.9. The molecule has 38 heavy (non-hydrogen) atoms. The Morgan fingerprint density at radius 3 is 2.68 bits per heavy atom. The first kappa shape index (κ1) is 28.1. The lowest BCUT2D eigenvalue weighted by Crippen LogP contribution is -2.54. The zero-order valence-electron chi connectivity index (χ0n) is 22.2.